The first-order chi connectivity index (χ1) is 12.4. The van der Waals surface area contributed by atoms with Gasteiger partial charge in [0.15, 0.2) is 0 Å². The van der Waals surface area contributed by atoms with Gasteiger partial charge in [0.25, 0.3) is 0 Å². The second-order valence-corrected chi connectivity index (χ2v) is 8.09. The van der Waals surface area contributed by atoms with Crippen molar-refractivity contribution in [3.8, 4) is 6.07 Å². The molecule has 2 aromatic carbocycles. The number of allylic oxidation sites excluding steroid dienone is 2. The molecule has 1 aliphatic heterocycles. The summed E-state index contributed by atoms with van der Waals surface area (Å²) in [5.41, 5.74) is 6.45. The van der Waals surface area contributed by atoms with Crippen molar-refractivity contribution in [1.82, 2.24) is 0 Å². The van der Waals surface area contributed by atoms with Gasteiger partial charge < -0.3 is 4.90 Å². The monoisotopic (exact) mass is 406 g/mol. The van der Waals surface area contributed by atoms with Crippen molar-refractivity contribution >= 4 is 38.8 Å². The first-order valence-electron chi connectivity index (χ1n) is 8.85. The molecule has 132 valence electrons. The number of nitrogens with zero attached hydrogens (tertiary/aromatic N) is 2. The summed E-state index contributed by atoms with van der Waals surface area (Å²) >= 11 is 3.44. The predicted octanol–water partition coefficient (Wildman–Crippen LogP) is 6.54. The van der Waals surface area contributed by atoms with E-state index >= 15 is 0 Å². The molecule has 2 nitrogen and oxygen atoms in total. The number of nitriles is 1. The summed E-state index contributed by atoms with van der Waals surface area (Å²) in [5, 5.41) is 9.60. The minimum absolute atomic E-state index is 0.0123. The van der Waals surface area contributed by atoms with Gasteiger partial charge in [0, 0.05) is 22.3 Å². The predicted molar refractivity (Wildman–Crippen MR) is 115 cm³/mol. The van der Waals surface area contributed by atoms with Crippen LogP contribution in [0.4, 0.5) is 5.69 Å². The van der Waals surface area contributed by atoms with Crippen LogP contribution in [-0.4, -0.2) is 12.1 Å². The van der Waals surface area contributed by atoms with E-state index in [9.17, 15) is 5.26 Å². The van der Waals surface area contributed by atoms with E-state index in [1.54, 1.807) is 0 Å². The normalized spacial score (nSPS) is 15.9. The number of anilines is 1. The topological polar surface area (TPSA) is 27.0 Å². The van der Waals surface area contributed by atoms with Gasteiger partial charge in [-0.05, 0) is 74.7 Å². The van der Waals surface area contributed by atoms with Crippen molar-refractivity contribution < 1.29 is 0 Å². The molecule has 0 unspecified atom stereocenters. The molecule has 0 spiro atoms. The second kappa shape index (κ2) is 7.13. The summed E-state index contributed by atoms with van der Waals surface area (Å²) in [7, 11) is 0. The van der Waals surface area contributed by atoms with Crippen molar-refractivity contribution in [2.45, 2.75) is 33.2 Å². The summed E-state index contributed by atoms with van der Waals surface area (Å²) in [6, 6.07) is 16.6. The zero-order chi connectivity index (χ0) is 18.9. The Kier molecular flexibility index (Phi) is 5.07. The molecule has 1 aliphatic rings. The van der Waals surface area contributed by atoms with E-state index < -0.39 is 0 Å². The minimum atomic E-state index is 0.0123. The Morgan fingerprint density at radius 1 is 1.19 bits per heavy atom. The van der Waals surface area contributed by atoms with E-state index in [2.05, 4.69) is 78.9 Å². The highest BCUT2D eigenvalue weighted by molar-refractivity contribution is 9.10. The molecule has 0 aliphatic carbocycles. The zero-order valence-electron chi connectivity index (χ0n) is 15.7. The number of rotatable bonds is 3. The quantitative estimate of drug-likeness (QED) is 0.427. The molecular weight excluding hydrogens is 384 g/mol. The van der Waals surface area contributed by atoms with Crippen LogP contribution >= 0.6 is 15.9 Å². The molecule has 3 rings (SSSR count). The summed E-state index contributed by atoms with van der Waals surface area (Å²) in [5.74, 6) is 0. The van der Waals surface area contributed by atoms with Gasteiger partial charge in [0.05, 0.1) is 17.2 Å². The van der Waals surface area contributed by atoms with Crippen LogP contribution in [0.25, 0.3) is 17.2 Å². The van der Waals surface area contributed by atoms with E-state index in [1.807, 2.05) is 30.3 Å². The van der Waals surface area contributed by atoms with Gasteiger partial charge in [-0.15, -0.1) is 0 Å². The highest BCUT2D eigenvalue weighted by Crippen LogP contribution is 2.39. The Balaban J connectivity index is 2.05. The van der Waals surface area contributed by atoms with Gasteiger partial charge >= 0.3 is 0 Å². The number of halogens is 1. The molecule has 0 fully saturated rings. The summed E-state index contributed by atoms with van der Waals surface area (Å²) in [6.07, 6.45) is 4.29. The molecular formula is C23H23BrN2. The molecule has 1 heterocycles. The van der Waals surface area contributed by atoms with Gasteiger partial charge in [-0.1, -0.05) is 40.2 Å². The average molecular weight is 407 g/mol. The molecule has 0 amide bonds. The number of fused-ring (bicyclic) bond motifs is 1. The first kappa shape index (κ1) is 18.5. The van der Waals surface area contributed by atoms with E-state index in [0.29, 0.717) is 5.57 Å². The van der Waals surface area contributed by atoms with Crippen LogP contribution in [0.5, 0.6) is 0 Å². The Labute approximate surface area is 164 Å². The Morgan fingerprint density at radius 2 is 1.88 bits per heavy atom. The minimum Gasteiger partial charge on any atom is -0.363 e. The zero-order valence-corrected chi connectivity index (χ0v) is 17.3. The van der Waals surface area contributed by atoms with Crippen LogP contribution in [0.1, 0.15) is 44.4 Å². The standard InChI is InChI=1S/C23H23BrN2/c1-5-26-22-11-6-17(13-21(22)16(2)14-23(26,3)4)12-19(15-25)18-7-9-20(24)10-8-18/h6-14H,5H2,1-4H3/b19-12-. The average Bonchev–Trinajstić information content (AvgIpc) is 2.60. The maximum absolute atomic E-state index is 9.60. The van der Waals surface area contributed by atoms with Crippen LogP contribution in [0.15, 0.2) is 53.0 Å². The molecule has 2 aromatic rings. The third-order valence-electron chi connectivity index (χ3n) is 4.90. The van der Waals surface area contributed by atoms with E-state index in [4.69, 9.17) is 0 Å². The largest absolute Gasteiger partial charge is 0.363 e. The third-order valence-corrected chi connectivity index (χ3v) is 5.43. The van der Waals surface area contributed by atoms with Gasteiger partial charge in [-0.2, -0.15) is 5.26 Å². The maximum atomic E-state index is 9.60. The number of likely N-dealkylation sites (N-methyl/N-ethyl adjacent to an activating group) is 1. The summed E-state index contributed by atoms with van der Waals surface area (Å²) in [4.78, 5) is 2.42. The van der Waals surface area contributed by atoms with Gasteiger partial charge in [-0.25, -0.2) is 0 Å². The molecule has 0 radical (unpaired) electrons. The number of hydrogen-bond acceptors (Lipinski definition) is 2. The third kappa shape index (κ3) is 3.48. The maximum Gasteiger partial charge on any atom is 0.0998 e. The lowest BCUT2D eigenvalue weighted by Crippen LogP contribution is -2.44. The second-order valence-electron chi connectivity index (χ2n) is 7.18. The van der Waals surface area contributed by atoms with Gasteiger partial charge in [-0.3, -0.25) is 0 Å². The smallest absolute Gasteiger partial charge is 0.0998 e. The van der Waals surface area contributed by atoms with Crippen LogP contribution in [0, 0.1) is 11.3 Å². The molecule has 0 N–H and O–H groups in total. The molecule has 0 saturated heterocycles. The van der Waals surface area contributed by atoms with Gasteiger partial charge in [0.1, 0.15) is 0 Å². The highest BCUT2D eigenvalue weighted by Gasteiger charge is 2.29. The first-order valence-corrected chi connectivity index (χ1v) is 9.64. The molecule has 0 bridgehead atoms. The van der Waals surface area contributed by atoms with E-state index in [1.165, 1.54) is 16.8 Å². The SMILES string of the molecule is CCN1c2ccc(/C=C(/C#N)c3ccc(Br)cc3)cc2C(C)=CC1(C)C. The van der Waals surface area contributed by atoms with Crippen LogP contribution < -0.4 is 4.90 Å². The van der Waals surface area contributed by atoms with Crippen molar-refractivity contribution in [3.63, 3.8) is 0 Å². The van der Waals surface area contributed by atoms with E-state index in [0.717, 1.165) is 22.1 Å². The van der Waals surface area contributed by atoms with Crippen molar-refractivity contribution in [2.75, 3.05) is 11.4 Å². The van der Waals surface area contributed by atoms with Crippen molar-refractivity contribution in [2.24, 2.45) is 0 Å². The van der Waals surface area contributed by atoms with Crippen LogP contribution in [-0.2, 0) is 0 Å². The number of hydrogen-bond donors (Lipinski definition) is 0. The Hall–Kier alpha value is -2.31. The fourth-order valence-corrected chi connectivity index (χ4v) is 4.01. The molecule has 0 atom stereocenters. The van der Waals surface area contributed by atoms with Crippen LogP contribution in [0.2, 0.25) is 0 Å². The number of benzene rings is 2. The lowest BCUT2D eigenvalue weighted by molar-refractivity contribution is 0.566. The van der Waals surface area contributed by atoms with Crippen molar-refractivity contribution in [3.05, 3.63) is 69.7 Å². The molecule has 0 aromatic heterocycles. The summed E-state index contributed by atoms with van der Waals surface area (Å²) in [6.45, 7) is 9.81. The van der Waals surface area contributed by atoms with Crippen molar-refractivity contribution in [1.29, 1.82) is 5.26 Å². The van der Waals surface area contributed by atoms with E-state index in [-0.39, 0.29) is 5.54 Å². The fraction of sp³-hybridized carbons (Fsp3) is 0.261. The molecule has 26 heavy (non-hydrogen) atoms. The molecule has 3 heteroatoms. The van der Waals surface area contributed by atoms with Crippen LogP contribution in [0.3, 0.4) is 0 Å². The fourth-order valence-electron chi connectivity index (χ4n) is 3.74. The summed E-state index contributed by atoms with van der Waals surface area (Å²) < 4.78 is 1.01. The van der Waals surface area contributed by atoms with Gasteiger partial charge in [0.2, 0.25) is 0 Å². The highest BCUT2D eigenvalue weighted by atomic mass is 79.9. The Morgan fingerprint density at radius 3 is 2.50 bits per heavy atom. The molecule has 0 saturated carbocycles. The lowest BCUT2D eigenvalue weighted by Gasteiger charge is -2.42. The Bertz CT molecular complexity index is 928. The lowest BCUT2D eigenvalue weighted by atomic mass is 9.88.